The molecule has 0 saturated carbocycles. The number of hydrogen-bond acceptors (Lipinski definition) is 12. The molecule has 0 bridgehead atoms. The largest absolute Gasteiger partial charge is 0.481 e. The smallest absolute Gasteiger partial charge is 0.416 e. The Morgan fingerprint density at radius 3 is 1.92 bits per heavy atom. The fourth-order valence-electron chi connectivity index (χ4n) is 6.53. The first-order valence-electron chi connectivity index (χ1n) is 20.4. The number of alkyl halides is 6. The van der Waals surface area contributed by atoms with E-state index < -0.39 is 147 Å². The van der Waals surface area contributed by atoms with Gasteiger partial charge in [0, 0.05) is 30.8 Å². The van der Waals surface area contributed by atoms with Crippen molar-refractivity contribution in [3.63, 3.8) is 0 Å². The maximum Gasteiger partial charge on any atom is 0.416 e. The summed E-state index contributed by atoms with van der Waals surface area (Å²) in [5.41, 5.74) is -3.02. The number of carbonyl (C=O) groups excluding carboxylic acids is 4. The van der Waals surface area contributed by atoms with Crippen LogP contribution in [0.15, 0.2) is 48.5 Å². The number of carbonyl (C=O) groups is 5. The number of carboxylic acids is 1. The highest BCUT2D eigenvalue weighted by atomic mass is 19.4. The van der Waals surface area contributed by atoms with Crippen LogP contribution in [0.1, 0.15) is 69.4 Å². The molecular weight excluding hydrogens is 886 g/mol. The molecule has 0 aliphatic carbocycles. The number of aliphatic carboxylic acids is 1. The molecule has 3 rings (SSSR count). The van der Waals surface area contributed by atoms with E-state index in [1.54, 1.807) is 0 Å². The van der Waals surface area contributed by atoms with Crippen LogP contribution in [-0.4, -0.2) is 135 Å². The molecule has 2 aromatic rings. The summed E-state index contributed by atoms with van der Waals surface area (Å²) in [6.07, 6.45) is -18.8. The number of hydrogen-bond donors (Lipinski definition) is 12. The number of ether oxygens (including phenoxy) is 2. The second-order valence-electron chi connectivity index (χ2n) is 15.0. The molecule has 0 radical (unpaired) electrons. The minimum absolute atomic E-state index is 0.0468. The third kappa shape index (κ3) is 17.5. The van der Waals surface area contributed by atoms with Crippen LogP contribution in [-0.2, 0) is 36.2 Å². The molecule has 12 N–H and O–H groups in total. The number of nitrogens with one attached hydrogen (secondary N) is 6. The van der Waals surface area contributed by atoms with E-state index >= 15 is 0 Å². The average Bonchev–Trinajstić information content (AvgIpc) is 3.24. The number of aliphatic hydroxyl groups is 5. The van der Waals surface area contributed by atoms with E-state index in [-0.39, 0.29) is 12.1 Å². The van der Waals surface area contributed by atoms with Crippen molar-refractivity contribution in [1.29, 1.82) is 0 Å². The minimum atomic E-state index is -4.81. The van der Waals surface area contributed by atoms with Gasteiger partial charge in [0.2, 0.25) is 11.8 Å². The molecule has 6 amide bonds. The predicted octanol–water partition coefficient (Wildman–Crippen LogP) is 2.41. The van der Waals surface area contributed by atoms with Crippen LogP contribution < -0.4 is 31.9 Å². The lowest BCUT2D eigenvalue weighted by molar-refractivity contribution is -0.284. The number of aliphatic hydroxyl groups excluding tert-OH is 5. The third-order valence-corrected chi connectivity index (χ3v) is 9.96. The minimum Gasteiger partial charge on any atom is -0.481 e. The Bertz CT molecular complexity index is 1880. The van der Waals surface area contributed by atoms with E-state index in [0.29, 0.717) is 25.0 Å². The highest BCUT2D eigenvalue weighted by Crippen LogP contribution is 2.32. The number of halogens is 6. The van der Waals surface area contributed by atoms with Gasteiger partial charge in [-0.05, 0) is 49.2 Å². The van der Waals surface area contributed by atoms with Crippen molar-refractivity contribution in [1.82, 2.24) is 21.3 Å². The average molecular weight is 941 g/mol. The van der Waals surface area contributed by atoms with Gasteiger partial charge in [-0.15, -0.1) is 0 Å². The summed E-state index contributed by atoms with van der Waals surface area (Å²) < 4.78 is 91.8. The summed E-state index contributed by atoms with van der Waals surface area (Å²) in [4.78, 5) is 64.5. The Morgan fingerprint density at radius 2 is 1.38 bits per heavy atom. The lowest BCUT2D eigenvalue weighted by atomic mass is 9.96. The van der Waals surface area contributed by atoms with Crippen LogP contribution in [0.4, 0.5) is 47.3 Å². The van der Waals surface area contributed by atoms with Crippen molar-refractivity contribution in [2.75, 3.05) is 30.4 Å². The Hall–Kier alpha value is -5.31. The molecule has 1 aliphatic heterocycles. The summed E-state index contributed by atoms with van der Waals surface area (Å²) in [5.74, 6) is -3.14. The highest BCUT2D eigenvalue weighted by molar-refractivity contribution is 5.90. The maximum absolute atomic E-state index is 13.9. The molecule has 364 valence electrons. The van der Waals surface area contributed by atoms with Gasteiger partial charge in [0.05, 0.1) is 36.5 Å². The van der Waals surface area contributed by atoms with Crippen LogP contribution in [0.2, 0.25) is 0 Å². The predicted molar refractivity (Wildman–Crippen MR) is 216 cm³/mol. The molecule has 1 fully saturated rings. The Labute approximate surface area is 368 Å². The van der Waals surface area contributed by atoms with Crippen molar-refractivity contribution < 1.29 is 90.4 Å². The van der Waals surface area contributed by atoms with Crippen molar-refractivity contribution in [2.24, 2.45) is 0 Å². The molecule has 0 aromatic heterocycles. The van der Waals surface area contributed by atoms with Gasteiger partial charge in [-0.25, -0.2) is 9.59 Å². The molecule has 0 spiro atoms. The first-order chi connectivity index (χ1) is 30.6. The zero-order chi connectivity index (χ0) is 48.5. The second kappa shape index (κ2) is 25.4. The number of carboxylic acid groups (broad SMARTS) is 1. The topological polar surface area (TPSA) is 297 Å². The first kappa shape index (κ1) is 54.0. The molecule has 1 saturated heterocycles. The molecule has 4 unspecified atom stereocenters. The SMILES string of the molecule is CCCCCCCC(=O)NC(CCC(=O)O)C(=O)N[C@@H](C(O)CO)[C@@H](CNC(=O)Nc1cccc(C(F)(F)F)c1)O[C@@H]1OC(CO)[C@H](O)[C@H](O)C1NC(=O)Nc1cccc(C(F)(F)F)c1. The van der Waals surface area contributed by atoms with E-state index in [9.17, 15) is 81.0 Å². The van der Waals surface area contributed by atoms with Gasteiger partial charge in [-0.1, -0.05) is 44.7 Å². The van der Waals surface area contributed by atoms with Gasteiger partial charge >= 0.3 is 30.4 Å². The van der Waals surface area contributed by atoms with E-state index in [1.165, 1.54) is 0 Å². The summed E-state index contributed by atoms with van der Waals surface area (Å²) in [6.45, 7) is -1.07. The molecule has 1 aliphatic rings. The number of unbranched alkanes of at least 4 members (excludes halogenated alkanes) is 4. The van der Waals surface area contributed by atoms with E-state index in [0.717, 1.165) is 55.7 Å². The van der Waals surface area contributed by atoms with Crippen LogP contribution >= 0.6 is 0 Å². The van der Waals surface area contributed by atoms with E-state index in [2.05, 4.69) is 31.9 Å². The van der Waals surface area contributed by atoms with Gasteiger partial charge < -0.3 is 72.0 Å². The van der Waals surface area contributed by atoms with Gasteiger partial charge in [-0.2, -0.15) is 26.3 Å². The molecule has 1 heterocycles. The van der Waals surface area contributed by atoms with Gasteiger partial charge in [-0.3, -0.25) is 14.4 Å². The van der Waals surface area contributed by atoms with E-state index in [1.807, 2.05) is 6.92 Å². The maximum atomic E-state index is 13.9. The highest BCUT2D eigenvalue weighted by Gasteiger charge is 2.48. The van der Waals surface area contributed by atoms with Gasteiger partial charge in [0.25, 0.3) is 0 Å². The van der Waals surface area contributed by atoms with E-state index in [4.69, 9.17) is 9.47 Å². The fraction of sp³-hybridized carbons (Fsp3) is 0.575. The van der Waals surface area contributed by atoms with Crippen molar-refractivity contribution >= 4 is 41.2 Å². The summed E-state index contributed by atoms with van der Waals surface area (Å²) in [5, 5.41) is 75.8. The Kier molecular flexibility index (Phi) is 21.1. The van der Waals surface area contributed by atoms with Crippen LogP contribution in [0.5, 0.6) is 0 Å². The lowest BCUT2D eigenvalue weighted by Crippen LogP contribution is -2.67. The summed E-state index contributed by atoms with van der Waals surface area (Å²) in [6, 6.07) is -1.16. The quantitative estimate of drug-likeness (QED) is 0.0564. The van der Waals surface area contributed by atoms with Crippen LogP contribution in [0.25, 0.3) is 0 Å². The molecule has 9 atom stereocenters. The van der Waals surface area contributed by atoms with Crippen LogP contribution in [0.3, 0.4) is 0 Å². The molecule has 25 heteroatoms. The molecule has 2 aromatic carbocycles. The standard InChI is InChI=1S/C40H54F6N6O13/c1-2-3-4-5-6-13-29(56)50-25(14-15-30(57)58)35(61)51-31(26(55)19-53)27(18-47-37(62)48-23-11-7-9-21(16-23)39(41,42)43)64-36-32(34(60)33(59)28(20-54)65-36)52-38(63)49-24-12-8-10-22(17-24)40(44,45)46/h7-12,16-17,25-28,31-34,36,53-55,59-60H,2-6,13-15,18-20H2,1H3,(H,50,56)(H,51,61)(H,57,58)(H2,47,48,62)(H2,49,52,63)/t25?,26?,27-,28?,31+,32?,33+,34-,36-/m1/s1. The number of benzene rings is 2. The Balaban J connectivity index is 2.00. The molecule has 19 nitrogen and oxygen atoms in total. The number of anilines is 2. The fourth-order valence-corrected chi connectivity index (χ4v) is 6.53. The monoisotopic (exact) mass is 940 g/mol. The molecule has 65 heavy (non-hydrogen) atoms. The Morgan fingerprint density at radius 1 is 0.800 bits per heavy atom. The number of rotatable bonds is 23. The third-order valence-electron chi connectivity index (χ3n) is 9.96. The second-order valence-corrected chi connectivity index (χ2v) is 15.0. The number of amides is 6. The zero-order valence-corrected chi connectivity index (χ0v) is 34.9. The zero-order valence-electron chi connectivity index (χ0n) is 34.9. The first-order valence-corrected chi connectivity index (χ1v) is 20.4. The normalized spacial score (nSPS) is 20.6. The van der Waals surface area contributed by atoms with Gasteiger partial charge in [0.1, 0.15) is 36.5 Å². The number of urea groups is 2. The summed E-state index contributed by atoms with van der Waals surface area (Å²) in [7, 11) is 0. The van der Waals surface area contributed by atoms with Crippen molar-refractivity contribution in [2.45, 2.75) is 126 Å². The van der Waals surface area contributed by atoms with Crippen molar-refractivity contribution in [3.05, 3.63) is 59.7 Å². The summed E-state index contributed by atoms with van der Waals surface area (Å²) >= 11 is 0. The van der Waals surface area contributed by atoms with Gasteiger partial charge in [0.15, 0.2) is 6.29 Å². The van der Waals surface area contributed by atoms with Crippen molar-refractivity contribution in [3.8, 4) is 0 Å². The lowest BCUT2D eigenvalue weighted by Gasteiger charge is -2.44. The van der Waals surface area contributed by atoms with Crippen LogP contribution in [0, 0.1) is 0 Å². The molecular formula is C40H54F6N6O13.